The second-order valence-corrected chi connectivity index (χ2v) is 7.91. The number of aromatic nitrogens is 4. The van der Waals surface area contributed by atoms with Crippen molar-refractivity contribution in [1.29, 1.82) is 0 Å². The van der Waals surface area contributed by atoms with Crippen molar-refractivity contribution >= 4 is 5.82 Å². The fourth-order valence-corrected chi connectivity index (χ4v) is 4.12. The van der Waals surface area contributed by atoms with Gasteiger partial charge in [0.1, 0.15) is 17.3 Å². The Morgan fingerprint density at radius 3 is 2.69 bits per heavy atom. The molecule has 2 aromatic carbocycles. The van der Waals surface area contributed by atoms with E-state index >= 15 is 0 Å². The summed E-state index contributed by atoms with van der Waals surface area (Å²) in [4.78, 5) is 0. The molecule has 32 heavy (non-hydrogen) atoms. The number of hydrogen-bond acceptors (Lipinski definition) is 6. The van der Waals surface area contributed by atoms with Gasteiger partial charge in [-0.25, -0.2) is 4.68 Å². The third-order valence-electron chi connectivity index (χ3n) is 5.69. The highest BCUT2D eigenvalue weighted by molar-refractivity contribution is 5.69. The molecule has 1 aliphatic rings. The van der Waals surface area contributed by atoms with Crippen molar-refractivity contribution in [2.24, 2.45) is 7.05 Å². The first-order valence-corrected chi connectivity index (χ1v) is 10.7. The lowest BCUT2D eigenvalue weighted by atomic mass is 10.0. The maximum absolute atomic E-state index is 10.9. The molecule has 0 aliphatic carbocycles. The zero-order chi connectivity index (χ0) is 22.1. The predicted octanol–water partition coefficient (Wildman–Crippen LogP) is 3.38. The van der Waals surface area contributed by atoms with Gasteiger partial charge in [0.25, 0.3) is 0 Å². The van der Waals surface area contributed by atoms with Crippen LogP contribution in [0.5, 0.6) is 5.75 Å². The van der Waals surface area contributed by atoms with Gasteiger partial charge >= 0.3 is 0 Å². The van der Waals surface area contributed by atoms with Gasteiger partial charge in [0, 0.05) is 42.4 Å². The van der Waals surface area contributed by atoms with E-state index in [0.717, 1.165) is 46.1 Å². The molecule has 3 heterocycles. The highest BCUT2D eigenvalue weighted by Gasteiger charge is 2.25. The Balaban J connectivity index is 1.46. The lowest BCUT2D eigenvalue weighted by Gasteiger charge is -2.29. The topological polar surface area (TPSA) is 89.2 Å². The van der Waals surface area contributed by atoms with Gasteiger partial charge in [-0.15, -0.1) is 0 Å². The van der Waals surface area contributed by atoms with Crippen molar-refractivity contribution in [2.75, 3.05) is 11.9 Å². The highest BCUT2D eigenvalue weighted by Crippen LogP contribution is 2.33. The van der Waals surface area contributed by atoms with Crippen LogP contribution in [0.1, 0.15) is 23.6 Å². The van der Waals surface area contributed by atoms with Crippen molar-refractivity contribution in [3.8, 4) is 22.7 Å². The molecule has 8 heteroatoms. The third-order valence-corrected chi connectivity index (χ3v) is 5.69. The number of nitrogens with zero attached hydrogens (tertiary/aromatic N) is 4. The van der Waals surface area contributed by atoms with Gasteiger partial charge in [-0.05, 0) is 25.1 Å². The number of ether oxygens (including phenoxy) is 1. The number of fused-ring (bicyclic) bond motifs is 1. The average Bonchev–Trinajstić information content (AvgIpc) is 3.38. The second-order valence-electron chi connectivity index (χ2n) is 7.91. The van der Waals surface area contributed by atoms with Gasteiger partial charge in [0.2, 0.25) is 0 Å². The molecule has 4 aromatic rings. The molecule has 0 amide bonds. The predicted molar refractivity (Wildman–Crippen MR) is 123 cm³/mol. The molecule has 5 rings (SSSR count). The van der Waals surface area contributed by atoms with Crippen molar-refractivity contribution in [3.63, 3.8) is 0 Å². The summed E-state index contributed by atoms with van der Waals surface area (Å²) in [5.74, 6) is 1.57. The minimum atomic E-state index is -0.981. The number of aliphatic hydroxyl groups excluding tert-OH is 1. The van der Waals surface area contributed by atoms with Crippen LogP contribution in [0.15, 0.2) is 67.0 Å². The maximum atomic E-state index is 10.9. The standard InChI is InChI=1S/C24H26N6O2/c1-16-22(17-14-25-29(2)15-17)28-30(18-8-4-3-5-9-18)23(16)27-24(31)26-20-12-13-32-21-11-7-6-10-19(20)21/h3-11,14-15,20,24,26-27,31H,12-13H2,1-2H3. The van der Waals surface area contributed by atoms with E-state index in [-0.39, 0.29) is 6.04 Å². The van der Waals surface area contributed by atoms with E-state index in [9.17, 15) is 5.11 Å². The zero-order valence-electron chi connectivity index (χ0n) is 18.1. The van der Waals surface area contributed by atoms with Crippen molar-refractivity contribution in [2.45, 2.75) is 25.7 Å². The molecule has 164 valence electrons. The Labute approximate surface area is 186 Å². The van der Waals surface area contributed by atoms with Crippen LogP contribution >= 0.6 is 0 Å². The van der Waals surface area contributed by atoms with E-state index in [1.54, 1.807) is 10.9 Å². The molecule has 2 aromatic heterocycles. The summed E-state index contributed by atoms with van der Waals surface area (Å²) in [6.07, 6.45) is 3.52. The molecule has 1 aliphatic heterocycles. The average molecular weight is 431 g/mol. The molecular weight excluding hydrogens is 404 g/mol. The first-order chi connectivity index (χ1) is 15.6. The SMILES string of the molecule is Cc1c(-c2cnn(C)c2)nn(-c2ccccc2)c1NC(O)NC1CCOc2ccccc21. The van der Waals surface area contributed by atoms with E-state index in [4.69, 9.17) is 9.84 Å². The number of rotatable bonds is 6. The summed E-state index contributed by atoms with van der Waals surface area (Å²) in [7, 11) is 1.88. The van der Waals surface area contributed by atoms with E-state index in [2.05, 4.69) is 15.7 Å². The Kier molecular flexibility index (Phi) is 5.38. The number of anilines is 1. The quantitative estimate of drug-likeness (QED) is 0.407. The summed E-state index contributed by atoms with van der Waals surface area (Å²) in [6, 6.07) is 17.8. The van der Waals surface area contributed by atoms with Crippen molar-refractivity contribution in [3.05, 3.63) is 78.1 Å². The number of benzene rings is 2. The molecule has 0 fully saturated rings. The molecule has 2 atom stereocenters. The lowest BCUT2D eigenvalue weighted by Crippen LogP contribution is -2.41. The van der Waals surface area contributed by atoms with Gasteiger partial charge in [0.05, 0.1) is 18.5 Å². The Hall–Kier alpha value is -3.62. The van der Waals surface area contributed by atoms with E-state index < -0.39 is 6.35 Å². The van der Waals surface area contributed by atoms with Gasteiger partial charge in [0.15, 0.2) is 6.35 Å². The van der Waals surface area contributed by atoms with Gasteiger partial charge < -0.3 is 15.2 Å². The Morgan fingerprint density at radius 2 is 1.91 bits per heavy atom. The van der Waals surface area contributed by atoms with Crippen molar-refractivity contribution in [1.82, 2.24) is 24.9 Å². The van der Waals surface area contributed by atoms with Crippen LogP contribution in [0.4, 0.5) is 5.82 Å². The Bertz CT molecular complexity index is 1220. The van der Waals surface area contributed by atoms with Gasteiger partial charge in [-0.1, -0.05) is 36.4 Å². The molecule has 0 spiro atoms. The summed E-state index contributed by atoms with van der Waals surface area (Å²) < 4.78 is 9.31. The minimum absolute atomic E-state index is 0.0198. The molecule has 0 saturated heterocycles. The second kappa shape index (κ2) is 8.49. The highest BCUT2D eigenvalue weighted by atomic mass is 16.5. The molecule has 3 N–H and O–H groups in total. The van der Waals surface area contributed by atoms with E-state index in [1.807, 2.05) is 79.4 Å². The first-order valence-electron chi connectivity index (χ1n) is 10.7. The summed E-state index contributed by atoms with van der Waals surface area (Å²) in [5.41, 5.74) is 4.60. The molecule has 0 bridgehead atoms. The van der Waals surface area contributed by atoms with Crippen LogP contribution in [0, 0.1) is 6.92 Å². The number of aliphatic hydroxyl groups is 1. The summed E-state index contributed by atoms with van der Waals surface area (Å²) >= 11 is 0. The molecular formula is C24H26N6O2. The van der Waals surface area contributed by atoms with E-state index in [1.165, 1.54) is 0 Å². The summed E-state index contributed by atoms with van der Waals surface area (Å²) in [5, 5.41) is 26.6. The summed E-state index contributed by atoms with van der Waals surface area (Å²) in [6.45, 7) is 2.60. The smallest absolute Gasteiger partial charge is 0.183 e. The number of aryl methyl sites for hydroxylation is 1. The number of nitrogens with one attached hydrogen (secondary N) is 2. The molecule has 2 unspecified atom stereocenters. The lowest BCUT2D eigenvalue weighted by molar-refractivity contribution is 0.132. The first kappa shape index (κ1) is 20.3. The van der Waals surface area contributed by atoms with Gasteiger partial charge in [-0.2, -0.15) is 10.2 Å². The fraction of sp³-hybridized carbons (Fsp3) is 0.250. The number of para-hydroxylation sites is 2. The van der Waals surface area contributed by atoms with Crippen LogP contribution < -0.4 is 15.4 Å². The molecule has 0 radical (unpaired) electrons. The zero-order valence-corrected chi connectivity index (χ0v) is 18.1. The largest absolute Gasteiger partial charge is 0.493 e. The normalized spacial score (nSPS) is 16.3. The number of hydrogen-bond donors (Lipinski definition) is 3. The molecule has 0 saturated carbocycles. The van der Waals surface area contributed by atoms with Crippen LogP contribution in [-0.2, 0) is 7.05 Å². The maximum Gasteiger partial charge on any atom is 0.183 e. The van der Waals surface area contributed by atoms with Crippen LogP contribution in [0.25, 0.3) is 16.9 Å². The fourth-order valence-electron chi connectivity index (χ4n) is 4.12. The van der Waals surface area contributed by atoms with Crippen LogP contribution in [0.3, 0.4) is 0 Å². The van der Waals surface area contributed by atoms with Crippen LogP contribution in [0.2, 0.25) is 0 Å². The third kappa shape index (κ3) is 3.86. The minimum Gasteiger partial charge on any atom is -0.493 e. The van der Waals surface area contributed by atoms with Gasteiger partial charge in [-0.3, -0.25) is 10.00 Å². The van der Waals surface area contributed by atoms with Crippen molar-refractivity contribution < 1.29 is 9.84 Å². The molecule has 8 nitrogen and oxygen atoms in total. The van der Waals surface area contributed by atoms with E-state index in [0.29, 0.717) is 6.61 Å². The monoisotopic (exact) mass is 430 g/mol. The van der Waals surface area contributed by atoms with Crippen LogP contribution in [-0.4, -0.2) is 37.6 Å². The Morgan fingerprint density at radius 1 is 1.12 bits per heavy atom.